The molecule has 7 heteroatoms. The Balaban J connectivity index is 1.60. The molecule has 0 spiro atoms. The second-order valence-electron chi connectivity index (χ2n) is 5.49. The van der Waals surface area contributed by atoms with Crippen LogP contribution >= 0.6 is 0 Å². The van der Waals surface area contributed by atoms with Gasteiger partial charge in [0.1, 0.15) is 12.7 Å². The van der Waals surface area contributed by atoms with Gasteiger partial charge in [-0.05, 0) is 29.8 Å². The smallest absolute Gasteiger partial charge is 0.313 e. The predicted octanol–water partition coefficient (Wildman–Crippen LogP) is 1.86. The SMILES string of the molecule is CN(Cc1ccccc1)C(=O)C(=O)Nc1ccc(-n2cncn2)cc1. The molecule has 25 heavy (non-hydrogen) atoms. The molecular weight excluding hydrogens is 318 g/mol. The fourth-order valence-corrected chi connectivity index (χ4v) is 2.33. The maximum Gasteiger partial charge on any atom is 0.313 e. The summed E-state index contributed by atoms with van der Waals surface area (Å²) in [6.45, 7) is 0.373. The van der Waals surface area contributed by atoms with Crippen LogP contribution in [0.15, 0.2) is 67.3 Å². The van der Waals surface area contributed by atoms with Crippen LogP contribution in [0.3, 0.4) is 0 Å². The molecule has 0 saturated heterocycles. The van der Waals surface area contributed by atoms with E-state index in [1.807, 2.05) is 30.3 Å². The molecule has 0 radical (unpaired) electrons. The number of anilines is 1. The van der Waals surface area contributed by atoms with E-state index < -0.39 is 11.8 Å². The molecule has 0 aliphatic carbocycles. The highest BCUT2D eigenvalue weighted by atomic mass is 16.2. The quantitative estimate of drug-likeness (QED) is 0.738. The number of likely N-dealkylation sites (N-methyl/N-ethyl adjacent to an activating group) is 1. The monoisotopic (exact) mass is 335 g/mol. The van der Waals surface area contributed by atoms with Crippen molar-refractivity contribution < 1.29 is 9.59 Å². The molecule has 126 valence electrons. The predicted molar refractivity (Wildman–Crippen MR) is 92.9 cm³/mol. The maximum atomic E-state index is 12.2. The van der Waals surface area contributed by atoms with Gasteiger partial charge in [-0.15, -0.1) is 0 Å². The van der Waals surface area contributed by atoms with Crippen molar-refractivity contribution in [3.8, 4) is 5.69 Å². The Bertz CT molecular complexity index is 845. The third-order valence-electron chi connectivity index (χ3n) is 3.61. The summed E-state index contributed by atoms with van der Waals surface area (Å²) < 4.78 is 1.60. The van der Waals surface area contributed by atoms with Crippen LogP contribution in [0.2, 0.25) is 0 Å². The Morgan fingerprint density at radius 2 is 1.80 bits per heavy atom. The highest BCUT2D eigenvalue weighted by Crippen LogP contribution is 2.12. The first-order valence-electron chi connectivity index (χ1n) is 7.69. The number of carbonyl (C=O) groups excluding carboxylic acids is 2. The third-order valence-corrected chi connectivity index (χ3v) is 3.61. The highest BCUT2D eigenvalue weighted by molar-refractivity contribution is 6.39. The summed E-state index contributed by atoms with van der Waals surface area (Å²) >= 11 is 0. The maximum absolute atomic E-state index is 12.2. The lowest BCUT2D eigenvalue weighted by atomic mass is 10.2. The second-order valence-corrected chi connectivity index (χ2v) is 5.49. The number of aromatic nitrogens is 3. The number of nitrogens with zero attached hydrogens (tertiary/aromatic N) is 4. The lowest BCUT2D eigenvalue weighted by Gasteiger charge is -2.16. The molecule has 2 amide bonds. The van der Waals surface area contributed by atoms with Gasteiger partial charge in [0.25, 0.3) is 0 Å². The largest absolute Gasteiger partial charge is 0.333 e. The van der Waals surface area contributed by atoms with Crippen LogP contribution in [0.5, 0.6) is 0 Å². The fourth-order valence-electron chi connectivity index (χ4n) is 2.33. The van der Waals surface area contributed by atoms with E-state index in [2.05, 4.69) is 15.4 Å². The molecule has 2 aromatic carbocycles. The van der Waals surface area contributed by atoms with Gasteiger partial charge in [0.2, 0.25) is 0 Å². The van der Waals surface area contributed by atoms with E-state index in [9.17, 15) is 9.59 Å². The van der Waals surface area contributed by atoms with Crippen LogP contribution in [-0.4, -0.2) is 38.5 Å². The van der Waals surface area contributed by atoms with Crippen LogP contribution in [-0.2, 0) is 16.1 Å². The number of nitrogens with one attached hydrogen (secondary N) is 1. The molecule has 1 aromatic heterocycles. The summed E-state index contributed by atoms with van der Waals surface area (Å²) in [6, 6.07) is 16.5. The van der Waals surface area contributed by atoms with Crippen molar-refractivity contribution in [1.82, 2.24) is 19.7 Å². The van der Waals surface area contributed by atoms with Crippen LogP contribution in [0.4, 0.5) is 5.69 Å². The van der Waals surface area contributed by atoms with Gasteiger partial charge in [-0.3, -0.25) is 9.59 Å². The lowest BCUT2D eigenvalue weighted by molar-refractivity contribution is -0.142. The molecule has 0 aliphatic heterocycles. The molecule has 0 saturated carbocycles. The zero-order valence-electron chi connectivity index (χ0n) is 13.7. The molecule has 0 aliphatic rings. The van der Waals surface area contributed by atoms with E-state index in [1.54, 1.807) is 42.3 Å². The number of hydrogen-bond acceptors (Lipinski definition) is 4. The first-order valence-corrected chi connectivity index (χ1v) is 7.69. The van der Waals surface area contributed by atoms with E-state index in [0.717, 1.165) is 11.3 Å². The zero-order valence-corrected chi connectivity index (χ0v) is 13.7. The normalized spacial score (nSPS) is 10.3. The molecule has 0 fully saturated rings. The molecule has 3 aromatic rings. The summed E-state index contributed by atoms with van der Waals surface area (Å²) in [5, 5.41) is 6.63. The Morgan fingerprint density at radius 1 is 1.08 bits per heavy atom. The topological polar surface area (TPSA) is 80.1 Å². The van der Waals surface area contributed by atoms with Crippen molar-refractivity contribution in [2.45, 2.75) is 6.54 Å². The lowest BCUT2D eigenvalue weighted by Crippen LogP contribution is -2.36. The summed E-state index contributed by atoms with van der Waals surface area (Å²) in [5.41, 5.74) is 2.31. The second kappa shape index (κ2) is 7.39. The van der Waals surface area contributed by atoms with Crippen LogP contribution in [0.25, 0.3) is 5.69 Å². The zero-order chi connectivity index (χ0) is 17.6. The number of benzene rings is 2. The van der Waals surface area contributed by atoms with Crippen molar-refractivity contribution in [1.29, 1.82) is 0 Å². The molecule has 0 bridgehead atoms. The minimum atomic E-state index is -0.674. The van der Waals surface area contributed by atoms with Crippen LogP contribution in [0, 0.1) is 0 Å². The Hall–Kier alpha value is -3.48. The Morgan fingerprint density at radius 3 is 2.44 bits per heavy atom. The van der Waals surface area contributed by atoms with Gasteiger partial charge in [0.05, 0.1) is 5.69 Å². The highest BCUT2D eigenvalue weighted by Gasteiger charge is 2.18. The molecule has 0 unspecified atom stereocenters. The van der Waals surface area contributed by atoms with Gasteiger partial charge in [0, 0.05) is 19.3 Å². The minimum Gasteiger partial charge on any atom is -0.333 e. The van der Waals surface area contributed by atoms with Crippen molar-refractivity contribution >= 4 is 17.5 Å². The van der Waals surface area contributed by atoms with Gasteiger partial charge in [-0.25, -0.2) is 9.67 Å². The molecule has 0 atom stereocenters. The average molecular weight is 335 g/mol. The van der Waals surface area contributed by atoms with Crippen molar-refractivity contribution in [3.05, 3.63) is 72.8 Å². The average Bonchev–Trinajstić information content (AvgIpc) is 3.17. The van der Waals surface area contributed by atoms with Crippen molar-refractivity contribution in [2.75, 3.05) is 12.4 Å². The van der Waals surface area contributed by atoms with Gasteiger partial charge in [0.15, 0.2) is 0 Å². The number of hydrogen-bond donors (Lipinski definition) is 1. The van der Waals surface area contributed by atoms with Crippen molar-refractivity contribution in [3.63, 3.8) is 0 Å². The fraction of sp³-hybridized carbons (Fsp3) is 0.111. The first kappa shape index (κ1) is 16.4. The van der Waals surface area contributed by atoms with Gasteiger partial charge in [-0.2, -0.15) is 5.10 Å². The Kier molecular flexibility index (Phi) is 4.84. The summed E-state index contributed by atoms with van der Waals surface area (Å²) in [6.07, 6.45) is 3.02. The molecule has 3 rings (SSSR count). The Labute approximate surface area is 144 Å². The molecule has 7 nitrogen and oxygen atoms in total. The minimum absolute atomic E-state index is 0.373. The van der Waals surface area contributed by atoms with Gasteiger partial charge in [-0.1, -0.05) is 30.3 Å². The van der Waals surface area contributed by atoms with Crippen LogP contribution in [0.1, 0.15) is 5.56 Å². The number of rotatable bonds is 4. The van der Waals surface area contributed by atoms with E-state index in [0.29, 0.717) is 12.2 Å². The van der Waals surface area contributed by atoms with E-state index >= 15 is 0 Å². The molecule has 1 heterocycles. The number of amides is 2. The van der Waals surface area contributed by atoms with Gasteiger partial charge >= 0.3 is 11.8 Å². The summed E-state index contributed by atoms with van der Waals surface area (Å²) in [7, 11) is 1.60. The van der Waals surface area contributed by atoms with E-state index in [4.69, 9.17) is 0 Å². The van der Waals surface area contributed by atoms with E-state index in [-0.39, 0.29) is 0 Å². The first-order chi connectivity index (χ1) is 12.1. The van der Waals surface area contributed by atoms with Crippen LogP contribution < -0.4 is 5.32 Å². The molecule has 1 N–H and O–H groups in total. The molecular formula is C18H17N5O2. The standard InChI is InChI=1S/C18H17N5O2/c1-22(11-14-5-3-2-4-6-14)18(25)17(24)21-15-7-9-16(10-8-15)23-13-19-12-20-23/h2-10,12-13H,11H2,1H3,(H,21,24). The van der Waals surface area contributed by atoms with E-state index in [1.165, 1.54) is 11.2 Å². The number of carbonyl (C=O) groups is 2. The summed E-state index contributed by atoms with van der Waals surface area (Å²) in [5.74, 6) is -1.27. The van der Waals surface area contributed by atoms with Gasteiger partial charge < -0.3 is 10.2 Å². The third kappa shape index (κ3) is 4.08. The van der Waals surface area contributed by atoms with Crippen molar-refractivity contribution in [2.24, 2.45) is 0 Å². The summed E-state index contributed by atoms with van der Waals surface area (Å²) in [4.78, 5) is 29.6.